The number of halogens is 2. The number of rotatable bonds is 8. The van der Waals surface area contributed by atoms with E-state index in [1.165, 1.54) is 24.3 Å². The fourth-order valence-electron chi connectivity index (χ4n) is 3.15. The molecule has 0 bridgehead atoms. The Morgan fingerprint density at radius 1 is 1.09 bits per heavy atom. The highest BCUT2D eigenvalue weighted by atomic mass is 79.9. The maximum atomic E-state index is 12.8. The standard InChI is InChI=1S/C24H18BrClN4O4/c25-22-14-29(13-16-4-6-19(26)7-5-16)28-23(22)27-24(31)18-3-1-2-17(12-18)15-34-21-10-8-20(9-11-21)30(32)33/h1-12,14H,13,15H2,(H,27,28,31). The van der Waals surface area contributed by atoms with Crippen molar-refractivity contribution in [2.75, 3.05) is 5.32 Å². The molecule has 1 heterocycles. The molecule has 34 heavy (non-hydrogen) atoms. The molecule has 1 aromatic heterocycles. The zero-order chi connectivity index (χ0) is 24.1. The Kier molecular flexibility index (Phi) is 7.24. The first kappa shape index (κ1) is 23.5. The number of nitro benzene ring substituents is 1. The number of hydrogen-bond acceptors (Lipinski definition) is 5. The fourth-order valence-corrected chi connectivity index (χ4v) is 3.69. The van der Waals surface area contributed by atoms with E-state index in [9.17, 15) is 14.9 Å². The number of hydrogen-bond donors (Lipinski definition) is 1. The minimum absolute atomic E-state index is 0.00668. The Labute approximate surface area is 208 Å². The van der Waals surface area contributed by atoms with Gasteiger partial charge in [0, 0.05) is 28.9 Å². The number of anilines is 1. The molecule has 0 atom stereocenters. The predicted octanol–water partition coefficient (Wildman–Crippen LogP) is 6.09. The summed E-state index contributed by atoms with van der Waals surface area (Å²) in [7, 11) is 0. The van der Waals surface area contributed by atoms with Gasteiger partial charge in [-0.1, -0.05) is 35.9 Å². The minimum Gasteiger partial charge on any atom is -0.489 e. The van der Waals surface area contributed by atoms with Crippen LogP contribution in [-0.4, -0.2) is 20.6 Å². The molecule has 1 N–H and O–H groups in total. The molecule has 0 saturated carbocycles. The average Bonchev–Trinajstić information content (AvgIpc) is 3.18. The van der Waals surface area contributed by atoms with Crippen LogP contribution in [-0.2, 0) is 13.2 Å². The smallest absolute Gasteiger partial charge is 0.269 e. The van der Waals surface area contributed by atoms with Gasteiger partial charge in [0.05, 0.1) is 15.9 Å². The van der Waals surface area contributed by atoms with Gasteiger partial charge >= 0.3 is 0 Å². The summed E-state index contributed by atoms with van der Waals surface area (Å²) in [5.74, 6) is 0.594. The molecule has 0 unspecified atom stereocenters. The number of nitrogens with one attached hydrogen (secondary N) is 1. The van der Waals surface area contributed by atoms with Gasteiger partial charge in [0.2, 0.25) is 0 Å². The molecule has 10 heteroatoms. The Bertz CT molecular complexity index is 1320. The van der Waals surface area contributed by atoms with Crippen molar-refractivity contribution in [3.05, 3.63) is 115 Å². The minimum atomic E-state index is -0.467. The van der Waals surface area contributed by atoms with Crippen LogP contribution in [0.3, 0.4) is 0 Å². The van der Waals surface area contributed by atoms with Crippen molar-refractivity contribution < 1.29 is 14.5 Å². The normalized spacial score (nSPS) is 10.6. The maximum absolute atomic E-state index is 12.8. The van der Waals surface area contributed by atoms with Crippen molar-refractivity contribution in [3.63, 3.8) is 0 Å². The summed E-state index contributed by atoms with van der Waals surface area (Å²) in [6.45, 7) is 0.736. The third kappa shape index (κ3) is 6.00. The first-order valence-electron chi connectivity index (χ1n) is 10.1. The van der Waals surface area contributed by atoms with Crippen molar-refractivity contribution in [3.8, 4) is 5.75 Å². The molecule has 0 spiro atoms. The number of carbonyl (C=O) groups excluding carboxylic acids is 1. The van der Waals surface area contributed by atoms with Gasteiger partial charge in [0.25, 0.3) is 11.6 Å². The highest BCUT2D eigenvalue weighted by Gasteiger charge is 2.13. The third-order valence-corrected chi connectivity index (χ3v) is 5.68. The lowest BCUT2D eigenvalue weighted by molar-refractivity contribution is -0.384. The van der Waals surface area contributed by atoms with E-state index in [2.05, 4.69) is 26.3 Å². The van der Waals surface area contributed by atoms with Crippen LogP contribution in [0.25, 0.3) is 0 Å². The van der Waals surface area contributed by atoms with Crippen LogP contribution in [0, 0.1) is 10.1 Å². The van der Waals surface area contributed by atoms with E-state index in [-0.39, 0.29) is 18.2 Å². The van der Waals surface area contributed by atoms with Gasteiger partial charge < -0.3 is 10.1 Å². The van der Waals surface area contributed by atoms with Crippen molar-refractivity contribution in [1.82, 2.24) is 9.78 Å². The van der Waals surface area contributed by atoms with Gasteiger partial charge in [-0.15, -0.1) is 0 Å². The average molecular weight is 542 g/mol. The Morgan fingerprint density at radius 3 is 2.53 bits per heavy atom. The topological polar surface area (TPSA) is 99.3 Å². The third-order valence-electron chi connectivity index (χ3n) is 4.85. The fraction of sp³-hybridized carbons (Fsp3) is 0.0833. The summed E-state index contributed by atoms with van der Waals surface area (Å²) >= 11 is 9.37. The zero-order valence-corrected chi connectivity index (χ0v) is 20.0. The van der Waals surface area contributed by atoms with E-state index < -0.39 is 4.92 Å². The van der Waals surface area contributed by atoms with Crippen LogP contribution >= 0.6 is 27.5 Å². The molecule has 4 rings (SSSR count). The zero-order valence-electron chi connectivity index (χ0n) is 17.7. The van der Waals surface area contributed by atoms with Crippen LogP contribution in [0.4, 0.5) is 11.5 Å². The number of nitrogens with zero attached hydrogens (tertiary/aromatic N) is 3. The summed E-state index contributed by atoms with van der Waals surface area (Å²) in [5.41, 5.74) is 2.24. The van der Waals surface area contributed by atoms with Crippen LogP contribution in [0.5, 0.6) is 5.75 Å². The van der Waals surface area contributed by atoms with E-state index in [4.69, 9.17) is 16.3 Å². The molecule has 8 nitrogen and oxygen atoms in total. The van der Waals surface area contributed by atoms with Gasteiger partial charge in [-0.25, -0.2) is 0 Å². The van der Waals surface area contributed by atoms with Crippen LogP contribution in [0.2, 0.25) is 5.02 Å². The van der Waals surface area contributed by atoms with Crippen molar-refractivity contribution in [2.24, 2.45) is 0 Å². The molecular formula is C24H18BrClN4O4. The van der Waals surface area contributed by atoms with E-state index in [1.54, 1.807) is 29.1 Å². The van der Waals surface area contributed by atoms with Gasteiger partial charge in [-0.3, -0.25) is 19.6 Å². The Morgan fingerprint density at radius 2 is 1.82 bits per heavy atom. The number of carbonyl (C=O) groups is 1. The lowest BCUT2D eigenvalue weighted by atomic mass is 10.1. The molecule has 0 radical (unpaired) electrons. The maximum Gasteiger partial charge on any atom is 0.269 e. The summed E-state index contributed by atoms with van der Waals surface area (Å²) in [6, 6.07) is 20.3. The van der Waals surface area contributed by atoms with E-state index in [0.717, 1.165) is 11.1 Å². The molecule has 3 aromatic carbocycles. The van der Waals surface area contributed by atoms with Gasteiger partial charge in [0.15, 0.2) is 5.82 Å². The number of aromatic nitrogens is 2. The molecule has 0 aliphatic carbocycles. The van der Waals surface area contributed by atoms with Crippen molar-refractivity contribution in [2.45, 2.75) is 13.2 Å². The lowest BCUT2D eigenvalue weighted by Gasteiger charge is -2.08. The van der Waals surface area contributed by atoms with Gasteiger partial charge in [-0.2, -0.15) is 5.10 Å². The van der Waals surface area contributed by atoms with Crippen molar-refractivity contribution in [1.29, 1.82) is 0 Å². The molecule has 0 aliphatic heterocycles. The van der Waals surface area contributed by atoms with Crippen LogP contribution < -0.4 is 10.1 Å². The number of ether oxygens (including phenoxy) is 1. The molecule has 0 fully saturated rings. The Balaban J connectivity index is 1.38. The second-order valence-corrected chi connectivity index (χ2v) is 8.63. The highest BCUT2D eigenvalue weighted by Crippen LogP contribution is 2.23. The van der Waals surface area contributed by atoms with Crippen LogP contribution in [0.1, 0.15) is 21.5 Å². The Hall–Kier alpha value is -3.69. The lowest BCUT2D eigenvalue weighted by Crippen LogP contribution is -2.13. The van der Waals surface area contributed by atoms with Gasteiger partial charge in [0.1, 0.15) is 12.4 Å². The molecule has 0 aliphatic rings. The summed E-state index contributed by atoms with van der Waals surface area (Å²) in [6.07, 6.45) is 1.79. The SMILES string of the molecule is O=C(Nc1nn(Cc2ccc(Cl)cc2)cc1Br)c1cccc(COc2ccc([N+](=O)[O-])cc2)c1. The molecule has 4 aromatic rings. The monoisotopic (exact) mass is 540 g/mol. The molecular weight excluding hydrogens is 524 g/mol. The predicted molar refractivity (Wildman–Crippen MR) is 132 cm³/mol. The number of non-ortho nitro benzene ring substituents is 1. The van der Waals surface area contributed by atoms with E-state index in [0.29, 0.717) is 33.2 Å². The molecule has 172 valence electrons. The van der Waals surface area contributed by atoms with Crippen molar-refractivity contribution >= 4 is 44.9 Å². The van der Waals surface area contributed by atoms with Crippen LogP contribution in [0.15, 0.2) is 83.5 Å². The summed E-state index contributed by atoms with van der Waals surface area (Å²) < 4.78 is 8.06. The largest absolute Gasteiger partial charge is 0.489 e. The van der Waals surface area contributed by atoms with E-state index >= 15 is 0 Å². The summed E-state index contributed by atoms with van der Waals surface area (Å²) in [4.78, 5) is 23.1. The highest BCUT2D eigenvalue weighted by molar-refractivity contribution is 9.10. The van der Waals surface area contributed by atoms with Gasteiger partial charge in [-0.05, 0) is 63.5 Å². The quantitative estimate of drug-likeness (QED) is 0.215. The molecule has 1 amide bonds. The number of nitro groups is 1. The number of benzene rings is 3. The number of amides is 1. The van der Waals surface area contributed by atoms with E-state index in [1.807, 2.05) is 30.3 Å². The first-order chi connectivity index (χ1) is 16.4. The summed E-state index contributed by atoms with van der Waals surface area (Å²) in [5, 5.41) is 18.7. The first-order valence-corrected chi connectivity index (χ1v) is 11.3. The second-order valence-electron chi connectivity index (χ2n) is 7.34. The molecule has 0 saturated heterocycles. The second kappa shape index (κ2) is 10.5.